The molecule has 2 aromatic rings. The molecule has 0 aliphatic heterocycles. The zero-order valence-electron chi connectivity index (χ0n) is 12.2. The van der Waals surface area contributed by atoms with Gasteiger partial charge in [0.05, 0.1) is 14.2 Å². The van der Waals surface area contributed by atoms with E-state index in [4.69, 9.17) is 14.2 Å². The molecule has 2 aromatic carbocycles. The van der Waals surface area contributed by atoms with Gasteiger partial charge >= 0.3 is 5.97 Å². The van der Waals surface area contributed by atoms with Crippen LogP contribution in [0.2, 0.25) is 0 Å². The van der Waals surface area contributed by atoms with Crippen molar-refractivity contribution in [2.75, 3.05) is 14.2 Å². The van der Waals surface area contributed by atoms with Gasteiger partial charge in [0.1, 0.15) is 23.1 Å². The summed E-state index contributed by atoms with van der Waals surface area (Å²) in [5, 5.41) is 0. The minimum Gasteiger partial charge on any atom is -0.497 e. The Balaban J connectivity index is 2.12. The monoisotopic (exact) mass is 302 g/mol. The van der Waals surface area contributed by atoms with E-state index in [2.05, 4.69) is 0 Å². The predicted molar refractivity (Wildman–Crippen MR) is 80.6 cm³/mol. The Morgan fingerprint density at radius 1 is 1.05 bits per heavy atom. The Morgan fingerprint density at radius 3 is 2.55 bits per heavy atom. The molecule has 114 valence electrons. The SMILES string of the molecule is COc1ccc(OC)c(/C=C/C(=O)Oc2cccc(F)c2)c1. The van der Waals surface area contributed by atoms with E-state index < -0.39 is 11.8 Å². The fraction of sp³-hybridized carbons (Fsp3) is 0.118. The number of hydrogen-bond donors (Lipinski definition) is 0. The fourth-order valence-electron chi connectivity index (χ4n) is 1.81. The molecule has 0 saturated carbocycles. The van der Waals surface area contributed by atoms with Crippen molar-refractivity contribution >= 4 is 12.0 Å². The predicted octanol–water partition coefficient (Wildman–Crippen LogP) is 3.46. The van der Waals surface area contributed by atoms with Crippen molar-refractivity contribution in [3.63, 3.8) is 0 Å². The number of benzene rings is 2. The van der Waals surface area contributed by atoms with Gasteiger partial charge in [-0.2, -0.15) is 0 Å². The highest BCUT2D eigenvalue weighted by Gasteiger charge is 2.05. The summed E-state index contributed by atoms with van der Waals surface area (Å²) in [6, 6.07) is 10.6. The molecule has 22 heavy (non-hydrogen) atoms. The summed E-state index contributed by atoms with van der Waals surface area (Å²) in [6.07, 6.45) is 2.78. The van der Waals surface area contributed by atoms with Crippen LogP contribution in [0.4, 0.5) is 4.39 Å². The van der Waals surface area contributed by atoms with E-state index in [0.717, 1.165) is 6.07 Å². The summed E-state index contributed by atoms with van der Waals surface area (Å²) in [5.41, 5.74) is 0.665. The zero-order chi connectivity index (χ0) is 15.9. The molecule has 0 radical (unpaired) electrons. The van der Waals surface area contributed by atoms with Gasteiger partial charge in [0.15, 0.2) is 0 Å². The van der Waals surface area contributed by atoms with Gasteiger partial charge in [0.2, 0.25) is 0 Å². The largest absolute Gasteiger partial charge is 0.497 e. The van der Waals surface area contributed by atoms with Crippen molar-refractivity contribution in [3.8, 4) is 17.2 Å². The molecule has 0 atom stereocenters. The number of ether oxygens (including phenoxy) is 3. The second kappa shape index (κ2) is 7.26. The minimum atomic E-state index is -0.615. The molecule has 0 unspecified atom stereocenters. The Morgan fingerprint density at radius 2 is 1.86 bits per heavy atom. The van der Waals surface area contributed by atoms with Crippen LogP contribution in [-0.4, -0.2) is 20.2 Å². The van der Waals surface area contributed by atoms with Crippen LogP contribution in [-0.2, 0) is 4.79 Å². The molecule has 2 rings (SSSR count). The number of halogens is 1. The highest BCUT2D eigenvalue weighted by Crippen LogP contribution is 2.25. The molecule has 5 heteroatoms. The van der Waals surface area contributed by atoms with Gasteiger partial charge in [-0.25, -0.2) is 9.18 Å². The second-order valence-electron chi connectivity index (χ2n) is 4.32. The van der Waals surface area contributed by atoms with Gasteiger partial charge < -0.3 is 14.2 Å². The maximum Gasteiger partial charge on any atom is 0.336 e. The lowest BCUT2D eigenvalue weighted by Gasteiger charge is -2.07. The number of rotatable bonds is 5. The summed E-state index contributed by atoms with van der Waals surface area (Å²) >= 11 is 0. The molecule has 4 nitrogen and oxygen atoms in total. The van der Waals surface area contributed by atoms with Crippen LogP contribution in [0.15, 0.2) is 48.5 Å². The van der Waals surface area contributed by atoms with Gasteiger partial charge in [-0.1, -0.05) is 6.07 Å². The molecular formula is C17H15FO4. The van der Waals surface area contributed by atoms with E-state index in [-0.39, 0.29) is 5.75 Å². The van der Waals surface area contributed by atoms with Gasteiger partial charge in [-0.3, -0.25) is 0 Å². The summed E-state index contributed by atoms with van der Waals surface area (Å²) < 4.78 is 28.3. The van der Waals surface area contributed by atoms with Gasteiger partial charge in [0.25, 0.3) is 0 Å². The van der Waals surface area contributed by atoms with Gasteiger partial charge in [0, 0.05) is 17.7 Å². The standard InChI is InChI=1S/C17H15FO4/c1-20-14-7-8-16(21-2)12(10-14)6-9-17(19)22-15-5-3-4-13(18)11-15/h3-11H,1-2H3/b9-6+. The number of carbonyl (C=O) groups excluding carboxylic acids is 1. The van der Waals surface area contributed by atoms with E-state index in [1.807, 2.05) is 0 Å². The smallest absolute Gasteiger partial charge is 0.336 e. The summed E-state index contributed by atoms with van der Waals surface area (Å²) in [4.78, 5) is 11.7. The third-order valence-electron chi connectivity index (χ3n) is 2.85. The molecule has 0 fully saturated rings. The molecule has 0 spiro atoms. The number of esters is 1. The maximum atomic E-state index is 13.0. The molecule has 0 aliphatic carbocycles. The maximum absolute atomic E-state index is 13.0. The van der Waals surface area contributed by atoms with E-state index >= 15 is 0 Å². The van der Waals surface area contributed by atoms with E-state index in [0.29, 0.717) is 17.1 Å². The lowest BCUT2D eigenvalue weighted by atomic mass is 10.1. The van der Waals surface area contributed by atoms with Crippen LogP contribution < -0.4 is 14.2 Å². The molecule has 0 heterocycles. The van der Waals surface area contributed by atoms with Crippen molar-refractivity contribution in [2.45, 2.75) is 0 Å². The van der Waals surface area contributed by atoms with Crippen LogP contribution in [0.1, 0.15) is 5.56 Å². The summed E-state index contributed by atoms with van der Waals surface area (Å²) in [5.74, 6) is 0.293. The number of methoxy groups -OCH3 is 2. The number of carbonyl (C=O) groups is 1. The van der Waals surface area contributed by atoms with Gasteiger partial charge in [-0.05, 0) is 36.4 Å². The van der Waals surface area contributed by atoms with Crippen LogP contribution in [0.25, 0.3) is 6.08 Å². The van der Waals surface area contributed by atoms with Crippen LogP contribution in [0.3, 0.4) is 0 Å². The molecule has 0 aromatic heterocycles. The molecule has 0 N–H and O–H groups in total. The number of hydrogen-bond acceptors (Lipinski definition) is 4. The first-order chi connectivity index (χ1) is 10.6. The topological polar surface area (TPSA) is 44.8 Å². The Hall–Kier alpha value is -2.82. The van der Waals surface area contributed by atoms with Crippen molar-refractivity contribution in [1.29, 1.82) is 0 Å². The van der Waals surface area contributed by atoms with Crippen molar-refractivity contribution < 1.29 is 23.4 Å². The van der Waals surface area contributed by atoms with E-state index in [9.17, 15) is 9.18 Å². The Labute approximate surface area is 127 Å². The first kappa shape index (κ1) is 15.6. The first-order valence-corrected chi connectivity index (χ1v) is 6.50. The van der Waals surface area contributed by atoms with Crippen LogP contribution >= 0.6 is 0 Å². The molecule has 0 saturated heterocycles. The first-order valence-electron chi connectivity index (χ1n) is 6.50. The highest BCUT2D eigenvalue weighted by atomic mass is 19.1. The fourth-order valence-corrected chi connectivity index (χ4v) is 1.81. The quantitative estimate of drug-likeness (QED) is 0.482. The highest BCUT2D eigenvalue weighted by molar-refractivity contribution is 5.89. The Kier molecular flexibility index (Phi) is 5.14. The minimum absolute atomic E-state index is 0.146. The van der Waals surface area contributed by atoms with Crippen molar-refractivity contribution in [2.24, 2.45) is 0 Å². The third kappa shape index (κ3) is 4.09. The van der Waals surface area contributed by atoms with E-state index in [1.165, 1.54) is 31.4 Å². The summed E-state index contributed by atoms with van der Waals surface area (Å²) in [6.45, 7) is 0. The molecule has 0 bridgehead atoms. The summed E-state index contributed by atoms with van der Waals surface area (Å²) in [7, 11) is 3.08. The second-order valence-corrected chi connectivity index (χ2v) is 4.32. The third-order valence-corrected chi connectivity index (χ3v) is 2.85. The van der Waals surface area contributed by atoms with Gasteiger partial charge in [-0.15, -0.1) is 0 Å². The lowest BCUT2D eigenvalue weighted by molar-refractivity contribution is -0.128. The normalized spacial score (nSPS) is 10.5. The van der Waals surface area contributed by atoms with E-state index in [1.54, 1.807) is 31.4 Å². The average Bonchev–Trinajstić information content (AvgIpc) is 2.52. The molecular weight excluding hydrogens is 287 g/mol. The Bertz CT molecular complexity index is 695. The van der Waals surface area contributed by atoms with Crippen LogP contribution in [0.5, 0.6) is 17.2 Å². The van der Waals surface area contributed by atoms with Crippen LogP contribution in [0, 0.1) is 5.82 Å². The average molecular weight is 302 g/mol. The van der Waals surface area contributed by atoms with Crippen molar-refractivity contribution in [1.82, 2.24) is 0 Å². The zero-order valence-corrected chi connectivity index (χ0v) is 12.2. The lowest BCUT2D eigenvalue weighted by Crippen LogP contribution is -2.03. The van der Waals surface area contributed by atoms with Crippen molar-refractivity contribution in [3.05, 3.63) is 59.9 Å². The molecule has 0 aliphatic rings. The molecule has 0 amide bonds.